The predicted octanol–water partition coefficient (Wildman–Crippen LogP) is 3.56. The van der Waals surface area contributed by atoms with E-state index in [0.717, 1.165) is 0 Å². The zero-order valence-corrected chi connectivity index (χ0v) is 11.6. The average molecular weight is 314 g/mol. The topological polar surface area (TPSA) is 81.1 Å². The molecule has 20 heavy (non-hydrogen) atoms. The number of amides is 1. The van der Waals surface area contributed by atoms with Crippen LogP contribution in [0.5, 0.6) is 0 Å². The third-order valence-electron chi connectivity index (χ3n) is 2.57. The van der Waals surface area contributed by atoms with Crippen molar-refractivity contribution >= 4 is 46.2 Å². The molecular weight excluding hydrogens is 304 g/mol. The maximum Gasteiger partial charge on any atom is 0.250 e. The molecule has 7 heteroatoms. The standard InChI is InChI=1S/C13H10Cl2FN3O/c14-6-1-2-10(16)11(3-6)19-12-8(13(18)20)4-7(17)5-9(12)15/h1-5,19H,17H2,(H2,18,20). The van der Waals surface area contributed by atoms with E-state index in [-0.39, 0.29) is 27.6 Å². The van der Waals surface area contributed by atoms with Gasteiger partial charge < -0.3 is 16.8 Å². The maximum atomic E-state index is 13.7. The molecule has 2 aromatic rings. The summed E-state index contributed by atoms with van der Waals surface area (Å²) in [6.07, 6.45) is 0. The Morgan fingerprint density at radius 2 is 1.90 bits per heavy atom. The minimum Gasteiger partial charge on any atom is -0.399 e. The van der Waals surface area contributed by atoms with Gasteiger partial charge in [-0.05, 0) is 30.3 Å². The van der Waals surface area contributed by atoms with E-state index >= 15 is 0 Å². The highest BCUT2D eigenvalue weighted by Crippen LogP contribution is 2.33. The molecule has 2 aromatic carbocycles. The lowest BCUT2D eigenvalue weighted by Gasteiger charge is -2.14. The molecule has 0 aliphatic heterocycles. The van der Waals surface area contributed by atoms with E-state index in [1.165, 1.54) is 30.3 Å². The Bertz CT molecular complexity index is 692. The highest BCUT2D eigenvalue weighted by molar-refractivity contribution is 6.34. The fraction of sp³-hybridized carbons (Fsp3) is 0. The summed E-state index contributed by atoms with van der Waals surface area (Å²) in [5, 5.41) is 3.20. The van der Waals surface area contributed by atoms with E-state index in [1.807, 2.05) is 0 Å². The quantitative estimate of drug-likeness (QED) is 0.758. The van der Waals surface area contributed by atoms with E-state index in [0.29, 0.717) is 5.02 Å². The van der Waals surface area contributed by atoms with Crippen molar-refractivity contribution in [3.8, 4) is 0 Å². The van der Waals surface area contributed by atoms with E-state index in [2.05, 4.69) is 5.32 Å². The number of carbonyl (C=O) groups is 1. The van der Waals surface area contributed by atoms with Gasteiger partial charge in [-0.3, -0.25) is 4.79 Å². The van der Waals surface area contributed by atoms with Crippen LogP contribution in [0.4, 0.5) is 21.5 Å². The predicted molar refractivity (Wildman–Crippen MR) is 79.1 cm³/mol. The average Bonchev–Trinajstić information content (AvgIpc) is 2.36. The highest BCUT2D eigenvalue weighted by atomic mass is 35.5. The van der Waals surface area contributed by atoms with Crippen LogP contribution < -0.4 is 16.8 Å². The molecule has 0 bridgehead atoms. The van der Waals surface area contributed by atoms with Gasteiger partial charge >= 0.3 is 0 Å². The molecule has 0 fully saturated rings. The molecule has 0 spiro atoms. The number of carbonyl (C=O) groups excluding carboxylic acids is 1. The smallest absolute Gasteiger partial charge is 0.250 e. The first-order valence-corrected chi connectivity index (χ1v) is 6.25. The molecule has 0 aliphatic rings. The Hall–Kier alpha value is -1.98. The van der Waals surface area contributed by atoms with Crippen LogP contribution >= 0.6 is 23.2 Å². The molecule has 4 nitrogen and oxygen atoms in total. The van der Waals surface area contributed by atoms with Gasteiger partial charge in [0.25, 0.3) is 5.91 Å². The fourth-order valence-electron chi connectivity index (χ4n) is 1.68. The van der Waals surface area contributed by atoms with Gasteiger partial charge in [-0.1, -0.05) is 23.2 Å². The van der Waals surface area contributed by atoms with E-state index in [4.69, 9.17) is 34.7 Å². The number of halogens is 3. The summed E-state index contributed by atoms with van der Waals surface area (Å²) in [5.41, 5.74) is 11.5. The minimum absolute atomic E-state index is 0.0642. The van der Waals surface area contributed by atoms with Crippen molar-refractivity contribution < 1.29 is 9.18 Å². The van der Waals surface area contributed by atoms with Gasteiger partial charge in [0.2, 0.25) is 0 Å². The lowest BCUT2D eigenvalue weighted by Crippen LogP contribution is -2.14. The van der Waals surface area contributed by atoms with Gasteiger partial charge in [-0.2, -0.15) is 0 Å². The zero-order valence-electron chi connectivity index (χ0n) is 10.1. The Morgan fingerprint density at radius 1 is 1.20 bits per heavy atom. The summed E-state index contributed by atoms with van der Waals surface area (Å²) in [5.74, 6) is -1.28. The van der Waals surface area contributed by atoms with Crippen LogP contribution in [0.1, 0.15) is 10.4 Å². The maximum absolute atomic E-state index is 13.7. The molecular formula is C13H10Cl2FN3O. The monoisotopic (exact) mass is 313 g/mol. The Kier molecular flexibility index (Phi) is 4.01. The summed E-state index contributed by atoms with van der Waals surface area (Å²) in [6, 6.07) is 6.76. The molecule has 0 saturated heterocycles. The minimum atomic E-state index is -0.732. The Morgan fingerprint density at radius 3 is 2.55 bits per heavy atom. The number of nitrogen functional groups attached to an aromatic ring is 1. The van der Waals surface area contributed by atoms with Crippen molar-refractivity contribution in [3.63, 3.8) is 0 Å². The molecule has 0 saturated carbocycles. The van der Waals surface area contributed by atoms with Crippen LogP contribution in [0, 0.1) is 5.82 Å². The Balaban J connectivity index is 2.53. The van der Waals surface area contributed by atoms with Gasteiger partial charge in [-0.25, -0.2) is 4.39 Å². The van der Waals surface area contributed by atoms with Crippen molar-refractivity contribution in [1.82, 2.24) is 0 Å². The number of nitrogens with two attached hydrogens (primary N) is 2. The van der Waals surface area contributed by atoms with Crippen LogP contribution in [0.15, 0.2) is 30.3 Å². The van der Waals surface area contributed by atoms with Gasteiger partial charge in [0.05, 0.1) is 22.0 Å². The second-order valence-corrected chi connectivity index (χ2v) is 4.88. The normalized spacial score (nSPS) is 10.3. The van der Waals surface area contributed by atoms with Crippen LogP contribution in [-0.2, 0) is 0 Å². The van der Waals surface area contributed by atoms with Gasteiger partial charge in [0.1, 0.15) is 5.82 Å². The number of rotatable bonds is 3. The summed E-state index contributed by atoms with van der Waals surface area (Å²) in [7, 11) is 0. The molecule has 5 N–H and O–H groups in total. The number of primary amides is 1. The molecule has 2 rings (SSSR count). The van der Waals surface area contributed by atoms with Crippen LogP contribution in [0.25, 0.3) is 0 Å². The number of hydrogen-bond acceptors (Lipinski definition) is 3. The molecule has 1 amide bonds. The second-order valence-electron chi connectivity index (χ2n) is 4.04. The summed E-state index contributed by atoms with van der Waals surface area (Å²) in [4.78, 5) is 11.4. The first-order valence-electron chi connectivity index (χ1n) is 5.49. The second kappa shape index (κ2) is 5.56. The van der Waals surface area contributed by atoms with Crippen molar-refractivity contribution in [1.29, 1.82) is 0 Å². The number of hydrogen-bond donors (Lipinski definition) is 3. The lowest BCUT2D eigenvalue weighted by atomic mass is 10.1. The third kappa shape index (κ3) is 2.95. The molecule has 0 unspecified atom stereocenters. The summed E-state index contributed by atoms with van der Waals surface area (Å²) in [6.45, 7) is 0. The first-order chi connectivity index (χ1) is 9.38. The molecule has 0 aliphatic carbocycles. The first kappa shape index (κ1) is 14.4. The zero-order chi connectivity index (χ0) is 14.9. The van der Waals surface area contributed by atoms with Gasteiger partial charge in [0, 0.05) is 10.7 Å². The van der Waals surface area contributed by atoms with Crippen molar-refractivity contribution in [2.45, 2.75) is 0 Å². The molecule has 0 radical (unpaired) electrons. The van der Waals surface area contributed by atoms with E-state index in [9.17, 15) is 9.18 Å². The van der Waals surface area contributed by atoms with Gasteiger partial charge in [-0.15, -0.1) is 0 Å². The van der Waals surface area contributed by atoms with Crippen molar-refractivity contribution in [2.75, 3.05) is 11.1 Å². The molecule has 0 atom stereocenters. The van der Waals surface area contributed by atoms with E-state index in [1.54, 1.807) is 0 Å². The van der Waals surface area contributed by atoms with Crippen molar-refractivity contribution in [2.24, 2.45) is 5.73 Å². The lowest BCUT2D eigenvalue weighted by molar-refractivity contribution is 0.100. The van der Waals surface area contributed by atoms with Crippen molar-refractivity contribution in [3.05, 3.63) is 51.8 Å². The number of anilines is 3. The van der Waals surface area contributed by atoms with Crippen LogP contribution in [0.3, 0.4) is 0 Å². The fourth-order valence-corrected chi connectivity index (χ4v) is 2.12. The number of benzene rings is 2. The van der Waals surface area contributed by atoms with Crippen LogP contribution in [0.2, 0.25) is 10.0 Å². The summed E-state index contributed by atoms with van der Waals surface area (Å²) >= 11 is 11.8. The van der Waals surface area contributed by atoms with Crippen LogP contribution in [-0.4, -0.2) is 5.91 Å². The number of nitrogens with one attached hydrogen (secondary N) is 1. The third-order valence-corrected chi connectivity index (χ3v) is 3.10. The van der Waals surface area contributed by atoms with Gasteiger partial charge in [0.15, 0.2) is 0 Å². The van der Waals surface area contributed by atoms with E-state index < -0.39 is 11.7 Å². The Labute approximate surface area is 124 Å². The molecule has 104 valence electrons. The summed E-state index contributed by atoms with van der Waals surface area (Å²) < 4.78 is 13.7. The largest absolute Gasteiger partial charge is 0.399 e. The SMILES string of the molecule is NC(=O)c1cc(N)cc(Cl)c1Nc1cc(Cl)ccc1F. The highest BCUT2D eigenvalue weighted by Gasteiger charge is 2.15. The molecule has 0 heterocycles. The molecule has 0 aromatic heterocycles.